The van der Waals surface area contributed by atoms with Gasteiger partial charge < -0.3 is 44.9 Å². The van der Waals surface area contributed by atoms with Crippen LogP contribution in [0.5, 0.6) is 29.1 Å². The van der Waals surface area contributed by atoms with Gasteiger partial charge >= 0.3 is 0 Å². The Bertz CT molecular complexity index is 5630. The Morgan fingerprint density at radius 2 is 0.833 bits per heavy atom. The molecule has 0 saturated carbocycles. The molecule has 558 valence electrons. The fourth-order valence-corrected chi connectivity index (χ4v) is 15.9. The Balaban J connectivity index is 0.000000173. The summed E-state index contributed by atoms with van der Waals surface area (Å²) in [6.45, 7) is 10.3. The molecule has 0 fully saturated rings. The molecule has 0 aliphatic rings. The van der Waals surface area contributed by atoms with Gasteiger partial charge in [-0.25, -0.2) is 25.3 Å². The van der Waals surface area contributed by atoms with E-state index in [-0.39, 0.29) is 60.8 Å². The van der Waals surface area contributed by atoms with Gasteiger partial charge in [0.15, 0.2) is 23.1 Å². The Kier molecular flexibility index (Phi) is 25.4. The number of amides is 3. The van der Waals surface area contributed by atoms with Crippen LogP contribution in [0.25, 0.3) is 32.7 Å². The van der Waals surface area contributed by atoms with Gasteiger partial charge in [0.1, 0.15) is 24.1 Å². The summed E-state index contributed by atoms with van der Waals surface area (Å²) in [5.74, 6) is -2.36. The summed E-state index contributed by atoms with van der Waals surface area (Å²) in [6, 6.07) is 55.8. The number of anilines is 3. The van der Waals surface area contributed by atoms with E-state index < -0.39 is 73.0 Å². The molecule has 0 aliphatic carbocycles. The first-order valence-corrected chi connectivity index (χ1v) is 38.4. The van der Waals surface area contributed by atoms with Gasteiger partial charge in [-0.2, -0.15) is 0 Å². The van der Waals surface area contributed by atoms with Gasteiger partial charge in [0.25, 0.3) is 47.8 Å². The van der Waals surface area contributed by atoms with Crippen LogP contribution in [-0.4, -0.2) is 117 Å². The van der Waals surface area contributed by atoms with Crippen LogP contribution < -0.4 is 22.4 Å². The van der Waals surface area contributed by atoms with Gasteiger partial charge in [0, 0.05) is 21.2 Å². The van der Waals surface area contributed by atoms with Gasteiger partial charge in [-0.15, -0.1) is 30.7 Å². The van der Waals surface area contributed by atoms with Crippen LogP contribution >= 0.6 is 11.6 Å². The number of ether oxygens (including phenoxy) is 2. The highest BCUT2D eigenvalue weighted by Crippen LogP contribution is 2.39. The molecule has 2 atom stereocenters. The standard InChI is InChI=1S/C26H26N4O6S.C26H26N4O5S.C25H23ClN4O4S/c1-3-36-19-12-14-20(15-13-19)37(34,35)30(18-10-8-17(2)9-11-18)23(16-31)25(32)29-28-24-21-6-4-5-7-22(21)27-26(24)33;1-4-35-20-13-15-21(16-14-20)36(33,34)30(19-11-9-17(2)10-12-19)18(3)25(31)29-28-24-22-7-5-6-8-23(22)27-26(24)32;1-2-5-17-8-14-20(15-9-17)35(33,34)30(19-12-10-18(26)11-13-19)16-23(31)28-29-24-21-6-3-4-7-22(21)27-25(24)32/h4-15,23,27,31,33H,3,16H2,1-2H3;5-16,18,27,32H,4H2,1-3H3;3-4,6-15,27,32H,2,5,16H2,1H3. The molecule has 9 aromatic carbocycles. The Morgan fingerprint density at radius 3 is 1.25 bits per heavy atom. The van der Waals surface area contributed by atoms with Crippen molar-refractivity contribution in [2.45, 2.75) is 81.2 Å². The average Bonchev–Trinajstić information content (AvgIpc) is 1.25. The number of hydrogen-bond acceptors (Lipinski definition) is 18. The quantitative estimate of drug-likeness (QED) is 0.0261. The number of para-hydroxylation sites is 3. The van der Waals surface area contributed by atoms with Crippen LogP contribution in [0, 0.1) is 13.8 Å². The van der Waals surface area contributed by atoms with E-state index in [1.807, 2.05) is 34.6 Å². The molecule has 27 nitrogen and oxygen atoms in total. The summed E-state index contributed by atoms with van der Waals surface area (Å²) in [4.78, 5) is 47.2. The lowest BCUT2D eigenvalue weighted by molar-refractivity contribution is -0.120. The van der Waals surface area contributed by atoms with Crippen molar-refractivity contribution < 1.29 is 69.5 Å². The third-order valence-corrected chi connectivity index (χ3v) is 22.4. The molecule has 0 bridgehead atoms. The maximum atomic E-state index is 13.8. The first kappa shape index (κ1) is 78.5. The van der Waals surface area contributed by atoms with E-state index in [9.17, 15) is 60.1 Å². The highest BCUT2D eigenvalue weighted by atomic mass is 35.5. The van der Waals surface area contributed by atoms with Crippen LogP contribution in [-0.2, 0) is 50.9 Å². The molecule has 0 aliphatic heterocycles. The number of benzene rings is 9. The van der Waals surface area contributed by atoms with Gasteiger partial charge in [0.2, 0.25) is 17.6 Å². The van der Waals surface area contributed by atoms with Crippen molar-refractivity contribution in [1.29, 1.82) is 0 Å². The van der Waals surface area contributed by atoms with Gasteiger partial charge in [0.05, 0.1) is 68.1 Å². The summed E-state index contributed by atoms with van der Waals surface area (Å²) in [5, 5.41) is 65.7. The number of sulfonamides is 3. The van der Waals surface area contributed by atoms with Crippen LogP contribution in [0.1, 0.15) is 50.8 Å². The number of aliphatic hydroxyl groups excluding tert-OH is 1. The largest absolute Gasteiger partial charge is 0.494 e. The molecule has 7 N–H and O–H groups in total. The number of nitrogens with zero attached hydrogens (tertiary/aromatic N) is 9. The van der Waals surface area contributed by atoms with Crippen molar-refractivity contribution in [3.63, 3.8) is 0 Å². The number of nitrogens with one attached hydrogen (secondary N) is 3. The van der Waals surface area contributed by atoms with Gasteiger partial charge in [-0.1, -0.05) is 127 Å². The third kappa shape index (κ3) is 18.2. The fraction of sp³-hybridized carbons (Fsp3) is 0.182. The van der Waals surface area contributed by atoms with E-state index in [2.05, 4.69) is 45.6 Å². The number of aryl methyl sites for hydroxylation is 3. The maximum absolute atomic E-state index is 13.8. The molecule has 12 aromatic rings. The molecule has 0 spiro atoms. The molecule has 3 aromatic heterocycles. The van der Waals surface area contributed by atoms with E-state index in [1.165, 1.54) is 67.6 Å². The second-order valence-electron chi connectivity index (χ2n) is 24.1. The molecule has 3 heterocycles. The van der Waals surface area contributed by atoms with Gasteiger partial charge in [-0.05, 0) is 174 Å². The van der Waals surface area contributed by atoms with Crippen molar-refractivity contribution in [2.24, 2.45) is 30.7 Å². The highest BCUT2D eigenvalue weighted by Gasteiger charge is 2.38. The predicted molar refractivity (Wildman–Crippen MR) is 412 cm³/mol. The molecule has 0 radical (unpaired) electrons. The van der Waals surface area contributed by atoms with Crippen molar-refractivity contribution in [1.82, 2.24) is 15.0 Å². The second kappa shape index (κ2) is 34.9. The van der Waals surface area contributed by atoms with E-state index in [1.54, 1.807) is 158 Å². The lowest BCUT2D eigenvalue weighted by Gasteiger charge is -2.29. The summed E-state index contributed by atoms with van der Waals surface area (Å²) >= 11 is 5.97. The number of carbonyl (C=O) groups excluding carboxylic acids is 3. The number of aromatic hydroxyl groups is 3. The Hall–Kier alpha value is -12.1. The topological polar surface area (TPSA) is 384 Å². The van der Waals surface area contributed by atoms with Crippen molar-refractivity contribution in [3.05, 3.63) is 240 Å². The van der Waals surface area contributed by atoms with E-state index >= 15 is 0 Å². The molecular weight excluding hydrogens is 1460 g/mol. The van der Waals surface area contributed by atoms with Crippen LogP contribution in [0.3, 0.4) is 0 Å². The number of rotatable bonds is 25. The lowest BCUT2D eigenvalue weighted by Crippen LogP contribution is -2.47. The van der Waals surface area contributed by atoms with Crippen molar-refractivity contribution in [3.8, 4) is 29.1 Å². The summed E-state index contributed by atoms with van der Waals surface area (Å²) in [6.07, 6.45) is 1.77. The zero-order valence-corrected chi connectivity index (χ0v) is 62.3. The third-order valence-electron chi connectivity index (χ3n) is 16.6. The van der Waals surface area contributed by atoms with Crippen molar-refractivity contribution in [2.75, 3.05) is 39.3 Å². The fourth-order valence-electron chi connectivity index (χ4n) is 11.2. The Labute approximate surface area is 627 Å². The lowest BCUT2D eigenvalue weighted by atomic mass is 10.1. The minimum atomic E-state index is -4.33. The molecular formula is C77H75ClN12O15S3. The Morgan fingerprint density at radius 1 is 0.463 bits per heavy atom. The number of aliphatic hydroxyl groups is 1. The molecule has 0 saturated heterocycles. The molecule has 3 amide bonds. The van der Waals surface area contributed by atoms with Crippen LogP contribution in [0.4, 0.5) is 34.1 Å². The maximum Gasteiger partial charge on any atom is 0.290 e. The SMILES string of the molecule is CCCc1ccc(S(=O)(=O)N(CC(=O)N=Nc2c(O)[nH]c3ccccc23)c2ccc(Cl)cc2)cc1.CCOc1ccc(S(=O)(=O)N(c2ccc(C)cc2)C(C)C(=O)N=Nc2c(O)[nH]c3ccccc23)cc1.CCOc1ccc(S(=O)(=O)N(c2ccc(C)cc2)C(CO)C(=O)N=Nc2c(O)[nH]c3ccccc23)cc1. The molecule has 12 rings (SSSR count). The molecule has 31 heteroatoms. The van der Waals surface area contributed by atoms with E-state index in [0.29, 0.717) is 68.1 Å². The second-order valence-corrected chi connectivity index (χ2v) is 30.0. The number of H-pyrrole nitrogens is 3. The van der Waals surface area contributed by atoms with Crippen LogP contribution in [0.2, 0.25) is 5.02 Å². The first-order valence-electron chi connectivity index (χ1n) is 33.7. The minimum Gasteiger partial charge on any atom is -0.494 e. The normalized spacial score (nSPS) is 12.4. The van der Waals surface area contributed by atoms with Gasteiger partial charge in [-0.3, -0.25) is 27.3 Å². The zero-order chi connectivity index (χ0) is 77.5. The number of fused-ring (bicyclic) bond motifs is 3. The number of halogens is 1. The van der Waals surface area contributed by atoms with Crippen LogP contribution in [0.15, 0.2) is 264 Å². The first-order chi connectivity index (χ1) is 51.8. The van der Waals surface area contributed by atoms with E-state index in [0.717, 1.165) is 42.4 Å². The summed E-state index contributed by atoms with van der Waals surface area (Å²) in [7, 11) is -12.6. The number of azo groups is 3. The summed E-state index contributed by atoms with van der Waals surface area (Å²) < 4.78 is 95.6. The highest BCUT2D eigenvalue weighted by molar-refractivity contribution is 7.93. The number of hydrogen-bond donors (Lipinski definition) is 7. The zero-order valence-electron chi connectivity index (χ0n) is 59.1. The number of carbonyl (C=O) groups is 3. The number of aromatic amines is 3. The number of aromatic nitrogens is 3. The average molecular weight is 1540 g/mol. The van der Waals surface area contributed by atoms with Crippen molar-refractivity contribution >= 4 is 126 Å². The van der Waals surface area contributed by atoms with E-state index in [4.69, 9.17) is 21.1 Å². The molecule has 2 unspecified atom stereocenters. The molecule has 108 heavy (non-hydrogen) atoms. The predicted octanol–water partition coefficient (Wildman–Crippen LogP) is 15.9. The monoisotopic (exact) mass is 1540 g/mol. The minimum absolute atomic E-state index is 0.00242. The smallest absolute Gasteiger partial charge is 0.290 e. The summed E-state index contributed by atoms with van der Waals surface area (Å²) in [5.41, 5.74) is 5.62.